The summed E-state index contributed by atoms with van der Waals surface area (Å²) in [7, 11) is 0. The first kappa shape index (κ1) is 16.7. The fourth-order valence-corrected chi connectivity index (χ4v) is 3.22. The normalized spacial score (nSPS) is 17.7. The van der Waals surface area contributed by atoms with E-state index in [1.165, 1.54) is 11.3 Å². The number of rotatable bonds is 6. The third-order valence-electron chi connectivity index (χ3n) is 5.12. The van der Waals surface area contributed by atoms with Gasteiger partial charge in [-0.2, -0.15) is 5.10 Å². The molecule has 1 aliphatic heterocycles. The van der Waals surface area contributed by atoms with Gasteiger partial charge in [-0.25, -0.2) is 0 Å². The lowest BCUT2D eigenvalue weighted by Gasteiger charge is -2.36. The summed E-state index contributed by atoms with van der Waals surface area (Å²) in [5, 5.41) is 13.8. The molecular weight excluding hydrogens is 302 g/mol. The predicted molar refractivity (Wildman–Crippen MR) is 92.6 cm³/mol. The Hall–Kier alpha value is -2.14. The first-order chi connectivity index (χ1) is 11.6. The molecule has 1 aromatic carbocycles. The summed E-state index contributed by atoms with van der Waals surface area (Å²) in [5.74, 6) is -0.671. The molecule has 1 fully saturated rings. The molecule has 5 nitrogen and oxygen atoms in total. The topological polar surface area (TPSA) is 58.4 Å². The molecule has 1 saturated heterocycles. The van der Waals surface area contributed by atoms with Crippen LogP contribution in [0.2, 0.25) is 0 Å². The highest BCUT2D eigenvalue weighted by Gasteiger charge is 2.36. The molecule has 2 heterocycles. The van der Waals surface area contributed by atoms with Gasteiger partial charge in [-0.3, -0.25) is 14.4 Å². The number of hydrogen-bond acceptors (Lipinski definition) is 3. The predicted octanol–water partition coefficient (Wildman–Crippen LogP) is 2.81. The standard InChI is InChI=1S/C19H25N3O2/c1-19(18(23)24)9-13-21(14-10-19)15-17-7-11-20-22(17)12-8-16-5-3-2-4-6-16/h2-7,11H,8-10,12-15H2,1H3,(H,23,24). The number of carboxylic acid groups (broad SMARTS) is 1. The molecule has 0 aliphatic carbocycles. The molecule has 3 rings (SSSR count). The minimum atomic E-state index is -0.671. The number of aromatic nitrogens is 2. The second kappa shape index (κ2) is 7.18. The number of piperidine rings is 1. The summed E-state index contributed by atoms with van der Waals surface area (Å²) in [6.45, 7) is 5.22. The molecule has 0 bridgehead atoms. The number of aliphatic carboxylic acids is 1. The van der Waals surface area contributed by atoms with E-state index in [0.29, 0.717) is 12.8 Å². The maximum absolute atomic E-state index is 11.3. The van der Waals surface area contributed by atoms with Crippen molar-refractivity contribution in [1.82, 2.24) is 14.7 Å². The van der Waals surface area contributed by atoms with Gasteiger partial charge in [0, 0.05) is 19.3 Å². The van der Waals surface area contributed by atoms with Crippen molar-refractivity contribution in [2.75, 3.05) is 13.1 Å². The van der Waals surface area contributed by atoms with E-state index >= 15 is 0 Å². The number of carbonyl (C=O) groups is 1. The van der Waals surface area contributed by atoms with Crippen molar-refractivity contribution in [1.29, 1.82) is 0 Å². The fraction of sp³-hybridized carbons (Fsp3) is 0.474. The number of carboxylic acids is 1. The van der Waals surface area contributed by atoms with Gasteiger partial charge in [0.15, 0.2) is 0 Å². The first-order valence-corrected chi connectivity index (χ1v) is 8.57. The Morgan fingerprint density at radius 2 is 1.92 bits per heavy atom. The zero-order valence-corrected chi connectivity index (χ0v) is 14.2. The van der Waals surface area contributed by atoms with Crippen LogP contribution < -0.4 is 0 Å². The van der Waals surface area contributed by atoms with Crippen LogP contribution in [0, 0.1) is 5.41 Å². The number of hydrogen-bond donors (Lipinski definition) is 1. The molecule has 24 heavy (non-hydrogen) atoms. The van der Waals surface area contributed by atoms with Gasteiger partial charge in [0.2, 0.25) is 0 Å². The van der Waals surface area contributed by atoms with Crippen molar-refractivity contribution < 1.29 is 9.90 Å². The van der Waals surface area contributed by atoms with Crippen LogP contribution in [-0.2, 0) is 24.3 Å². The highest BCUT2D eigenvalue weighted by molar-refractivity contribution is 5.74. The zero-order valence-electron chi connectivity index (χ0n) is 14.2. The second-order valence-electron chi connectivity index (χ2n) is 6.92. The molecule has 1 aromatic heterocycles. The maximum Gasteiger partial charge on any atom is 0.309 e. The smallest absolute Gasteiger partial charge is 0.309 e. The van der Waals surface area contributed by atoms with Crippen molar-refractivity contribution in [3.05, 3.63) is 53.9 Å². The molecule has 1 N–H and O–H groups in total. The monoisotopic (exact) mass is 327 g/mol. The van der Waals surface area contributed by atoms with Crippen molar-refractivity contribution in [3.8, 4) is 0 Å². The minimum Gasteiger partial charge on any atom is -0.481 e. The second-order valence-corrected chi connectivity index (χ2v) is 6.92. The third kappa shape index (κ3) is 3.85. The van der Waals surface area contributed by atoms with Gasteiger partial charge in [-0.15, -0.1) is 0 Å². The zero-order chi connectivity index (χ0) is 17.0. The van der Waals surface area contributed by atoms with Crippen LogP contribution in [0.4, 0.5) is 0 Å². The van der Waals surface area contributed by atoms with Crippen LogP contribution in [0.25, 0.3) is 0 Å². The van der Waals surface area contributed by atoms with Crippen molar-refractivity contribution in [2.24, 2.45) is 5.41 Å². The van der Waals surface area contributed by atoms with Crippen molar-refractivity contribution >= 4 is 5.97 Å². The molecule has 0 atom stereocenters. The summed E-state index contributed by atoms with van der Waals surface area (Å²) in [4.78, 5) is 13.7. The van der Waals surface area contributed by atoms with Crippen LogP contribution >= 0.6 is 0 Å². The lowest BCUT2D eigenvalue weighted by molar-refractivity contribution is -0.150. The lowest BCUT2D eigenvalue weighted by atomic mass is 9.80. The van der Waals surface area contributed by atoms with Crippen LogP contribution in [0.15, 0.2) is 42.6 Å². The summed E-state index contributed by atoms with van der Waals surface area (Å²) < 4.78 is 2.07. The van der Waals surface area contributed by atoms with Crippen molar-refractivity contribution in [3.63, 3.8) is 0 Å². The molecular formula is C19H25N3O2. The Kier molecular flexibility index (Phi) is 5.00. The summed E-state index contributed by atoms with van der Waals surface area (Å²) >= 11 is 0. The van der Waals surface area contributed by atoms with Gasteiger partial charge in [0.1, 0.15) is 0 Å². The van der Waals surface area contributed by atoms with E-state index < -0.39 is 11.4 Å². The molecule has 0 saturated carbocycles. The highest BCUT2D eigenvalue weighted by Crippen LogP contribution is 2.31. The number of benzene rings is 1. The molecule has 0 spiro atoms. The molecule has 0 unspecified atom stereocenters. The highest BCUT2D eigenvalue weighted by atomic mass is 16.4. The van der Waals surface area contributed by atoms with Gasteiger partial charge in [-0.1, -0.05) is 30.3 Å². The van der Waals surface area contributed by atoms with E-state index in [0.717, 1.165) is 32.6 Å². The third-order valence-corrected chi connectivity index (χ3v) is 5.12. The van der Waals surface area contributed by atoms with E-state index in [9.17, 15) is 9.90 Å². The Labute approximate surface area is 142 Å². The van der Waals surface area contributed by atoms with Gasteiger partial charge >= 0.3 is 5.97 Å². The average Bonchev–Trinajstić information content (AvgIpc) is 3.03. The van der Waals surface area contributed by atoms with E-state index in [4.69, 9.17) is 0 Å². The van der Waals surface area contributed by atoms with Crippen LogP contribution in [0.3, 0.4) is 0 Å². The van der Waals surface area contributed by atoms with Gasteiger partial charge < -0.3 is 5.11 Å². The quantitative estimate of drug-likeness (QED) is 0.886. The van der Waals surface area contributed by atoms with Crippen LogP contribution in [-0.4, -0.2) is 38.8 Å². The summed E-state index contributed by atoms with van der Waals surface area (Å²) in [5.41, 5.74) is 1.95. The average molecular weight is 327 g/mol. The fourth-order valence-electron chi connectivity index (χ4n) is 3.22. The summed E-state index contributed by atoms with van der Waals surface area (Å²) in [6, 6.07) is 12.5. The Morgan fingerprint density at radius 1 is 1.21 bits per heavy atom. The Morgan fingerprint density at radius 3 is 2.58 bits per heavy atom. The van der Waals surface area contributed by atoms with E-state index in [1.54, 1.807) is 0 Å². The lowest BCUT2D eigenvalue weighted by Crippen LogP contribution is -2.42. The maximum atomic E-state index is 11.3. The minimum absolute atomic E-state index is 0.565. The van der Waals surface area contributed by atoms with E-state index in [1.807, 2.05) is 19.2 Å². The van der Waals surface area contributed by atoms with Crippen LogP contribution in [0.1, 0.15) is 31.0 Å². The molecule has 5 heteroatoms. The molecule has 2 aromatic rings. The number of aryl methyl sites for hydroxylation is 2. The van der Waals surface area contributed by atoms with E-state index in [-0.39, 0.29) is 0 Å². The number of nitrogens with zero attached hydrogens (tertiary/aromatic N) is 3. The van der Waals surface area contributed by atoms with Crippen LogP contribution in [0.5, 0.6) is 0 Å². The first-order valence-electron chi connectivity index (χ1n) is 8.57. The van der Waals surface area contributed by atoms with Gasteiger partial charge in [0.25, 0.3) is 0 Å². The number of likely N-dealkylation sites (tertiary alicyclic amines) is 1. The molecule has 1 aliphatic rings. The largest absolute Gasteiger partial charge is 0.481 e. The van der Waals surface area contributed by atoms with Gasteiger partial charge in [-0.05, 0) is 50.9 Å². The SMILES string of the molecule is CC1(C(=O)O)CCN(Cc2ccnn2CCc2ccccc2)CC1. The van der Waals surface area contributed by atoms with Gasteiger partial charge in [0.05, 0.1) is 11.1 Å². The Balaban J connectivity index is 1.55. The Bertz CT molecular complexity index is 673. The van der Waals surface area contributed by atoms with E-state index in [2.05, 4.69) is 45.0 Å². The summed E-state index contributed by atoms with van der Waals surface area (Å²) in [6.07, 6.45) is 4.24. The molecule has 0 amide bonds. The van der Waals surface area contributed by atoms with Crippen molar-refractivity contribution in [2.45, 2.75) is 39.3 Å². The molecule has 128 valence electrons. The molecule has 0 radical (unpaired) electrons.